The topological polar surface area (TPSA) is 84.8 Å². The number of nitrogens with zero attached hydrogens (tertiary/aromatic N) is 5. The summed E-state index contributed by atoms with van der Waals surface area (Å²) in [6.07, 6.45) is 1.24. The molecule has 0 aliphatic carbocycles. The number of halogens is 5. The van der Waals surface area contributed by atoms with Gasteiger partial charge in [0.05, 0.1) is 23.7 Å². The van der Waals surface area contributed by atoms with Crippen LogP contribution in [0.5, 0.6) is 5.75 Å². The first kappa shape index (κ1) is 26.9. The normalized spacial score (nSPS) is 17.3. The fourth-order valence-corrected chi connectivity index (χ4v) is 5.14. The Morgan fingerprint density at radius 3 is 2.51 bits per heavy atom. The van der Waals surface area contributed by atoms with Gasteiger partial charge < -0.3 is 20.2 Å². The van der Waals surface area contributed by atoms with Crippen LogP contribution < -0.4 is 10.2 Å². The van der Waals surface area contributed by atoms with E-state index in [0.717, 1.165) is 6.07 Å². The summed E-state index contributed by atoms with van der Waals surface area (Å²) in [5.41, 5.74) is -0.906. The van der Waals surface area contributed by atoms with E-state index in [2.05, 4.69) is 21.9 Å². The maximum Gasteiger partial charge on any atom is 0.272 e. The number of carbonyl (C=O) groups is 1. The Kier molecular flexibility index (Phi) is 7.25. The summed E-state index contributed by atoms with van der Waals surface area (Å²) >= 11 is 6.45. The van der Waals surface area contributed by atoms with Crippen LogP contribution in [0, 0.1) is 11.6 Å². The quantitative estimate of drug-likeness (QED) is 0.330. The summed E-state index contributed by atoms with van der Waals surface area (Å²) in [5, 5.41) is 13.4. The first-order valence-electron chi connectivity index (χ1n) is 12.3. The highest BCUT2D eigenvalue weighted by Gasteiger charge is 2.43. The lowest BCUT2D eigenvalue weighted by molar-refractivity contribution is -0.128. The molecule has 3 heterocycles. The van der Waals surface area contributed by atoms with Crippen molar-refractivity contribution in [1.29, 1.82) is 0 Å². The van der Waals surface area contributed by atoms with E-state index in [9.17, 15) is 23.1 Å². The molecule has 2 aromatic carbocycles. The van der Waals surface area contributed by atoms with Crippen LogP contribution >= 0.6 is 11.6 Å². The van der Waals surface area contributed by atoms with E-state index in [0.29, 0.717) is 38.5 Å². The number of nitrogens with one attached hydrogen (secondary N) is 1. The summed E-state index contributed by atoms with van der Waals surface area (Å²) in [4.78, 5) is 25.9. The fraction of sp³-hybridized carbons (Fsp3) is 0.346. The number of phenolic OH excluding ortho intramolecular Hbond substituents is 1. The van der Waals surface area contributed by atoms with Crippen molar-refractivity contribution >= 4 is 40.2 Å². The van der Waals surface area contributed by atoms with E-state index >= 15 is 4.39 Å². The minimum atomic E-state index is -2.70. The van der Waals surface area contributed by atoms with Gasteiger partial charge in [-0.3, -0.25) is 9.69 Å². The number of aromatic hydroxyl groups is 1. The number of alkyl halides is 2. The minimum Gasteiger partial charge on any atom is -0.507 e. The third kappa shape index (κ3) is 5.30. The lowest BCUT2D eigenvalue weighted by Gasteiger charge is -2.38. The molecular formula is C26H25ClF4N6O2. The van der Waals surface area contributed by atoms with Gasteiger partial charge in [-0.2, -0.15) is 4.98 Å². The number of piperazine rings is 1. The predicted octanol–water partition coefficient (Wildman–Crippen LogP) is 4.13. The monoisotopic (exact) mass is 564 g/mol. The molecule has 5 rings (SSSR count). The largest absolute Gasteiger partial charge is 0.507 e. The molecule has 8 nitrogen and oxygen atoms in total. The molecule has 13 heteroatoms. The standard InChI is InChI=1S/C26H25ClF4N6O2/c1-2-19(39)36-8-10-37(11-9-36)24-15-12-16(27)20(21-17(28)4-3-5-18(21)38)22(29)23(15)33-25(34-24)32-6-7-35-13-26(30,31)14-35/h2-5,12,38H,1,6-11,13-14H2,(H,32,33,34). The molecule has 39 heavy (non-hydrogen) atoms. The van der Waals surface area contributed by atoms with E-state index in [1.165, 1.54) is 24.3 Å². The van der Waals surface area contributed by atoms with Gasteiger partial charge in [0.1, 0.15) is 22.9 Å². The summed E-state index contributed by atoms with van der Waals surface area (Å²) < 4.78 is 57.1. The van der Waals surface area contributed by atoms with Crippen molar-refractivity contribution in [3.63, 3.8) is 0 Å². The van der Waals surface area contributed by atoms with Gasteiger partial charge in [0.25, 0.3) is 5.92 Å². The van der Waals surface area contributed by atoms with Crippen LogP contribution in [0.1, 0.15) is 0 Å². The lowest BCUT2D eigenvalue weighted by atomic mass is 10.0. The number of aromatic nitrogens is 2. The van der Waals surface area contributed by atoms with Crippen LogP contribution in [-0.4, -0.2) is 89.1 Å². The van der Waals surface area contributed by atoms with Crippen LogP contribution in [-0.2, 0) is 4.79 Å². The highest BCUT2D eigenvalue weighted by atomic mass is 35.5. The number of likely N-dealkylation sites (tertiary alicyclic amines) is 1. The van der Waals surface area contributed by atoms with Crippen LogP contribution in [0.3, 0.4) is 0 Å². The minimum absolute atomic E-state index is 0.0410. The molecule has 2 saturated heterocycles. The third-order valence-corrected chi connectivity index (χ3v) is 7.09. The third-order valence-electron chi connectivity index (χ3n) is 6.79. The van der Waals surface area contributed by atoms with Gasteiger partial charge >= 0.3 is 0 Å². The van der Waals surface area contributed by atoms with Gasteiger partial charge in [-0.05, 0) is 24.3 Å². The molecule has 0 saturated carbocycles. The van der Waals surface area contributed by atoms with Crippen molar-refractivity contribution in [3.05, 3.63) is 53.6 Å². The number of benzene rings is 2. The van der Waals surface area contributed by atoms with E-state index in [4.69, 9.17) is 11.6 Å². The van der Waals surface area contributed by atoms with Crippen molar-refractivity contribution in [3.8, 4) is 16.9 Å². The SMILES string of the molecule is C=CC(=O)N1CCN(c2nc(NCCN3CC(F)(F)C3)nc3c(F)c(-c4c(O)cccc4F)c(Cl)cc23)CC1. The maximum atomic E-state index is 16.1. The summed E-state index contributed by atoms with van der Waals surface area (Å²) in [6, 6.07) is 5.01. The highest BCUT2D eigenvalue weighted by Crippen LogP contribution is 2.42. The first-order chi connectivity index (χ1) is 18.6. The molecule has 2 aliphatic heterocycles. The summed E-state index contributed by atoms with van der Waals surface area (Å²) in [7, 11) is 0. The number of fused-ring (bicyclic) bond motifs is 1. The molecule has 0 unspecified atom stereocenters. The Morgan fingerprint density at radius 1 is 1.15 bits per heavy atom. The van der Waals surface area contributed by atoms with Crippen molar-refractivity contribution in [2.24, 2.45) is 0 Å². The van der Waals surface area contributed by atoms with Crippen molar-refractivity contribution in [2.75, 3.05) is 62.6 Å². The van der Waals surface area contributed by atoms with E-state index < -0.39 is 28.9 Å². The Labute approximate surface area is 226 Å². The van der Waals surface area contributed by atoms with Gasteiger partial charge in [-0.1, -0.05) is 24.2 Å². The zero-order chi connectivity index (χ0) is 27.9. The second kappa shape index (κ2) is 10.5. The molecule has 0 atom stereocenters. The lowest BCUT2D eigenvalue weighted by Crippen LogP contribution is -2.57. The summed E-state index contributed by atoms with van der Waals surface area (Å²) in [6.45, 7) is 4.86. The molecule has 3 aromatic rings. The van der Waals surface area contributed by atoms with E-state index in [-0.39, 0.29) is 53.0 Å². The van der Waals surface area contributed by atoms with Gasteiger partial charge in [0.2, 0.25) is 11.9 Å². The number of rotatable bonds is 7. The zero-order valence-corrected chi connectivity index (χ0v) is 21.5. The fourth-order valence-electron chi connectivity index (χ4n) is 4.85. The van der Waals surface area contributed by atoms with E-state index in [1.54, 1.807) is 9.80 Å². The molecule has 2 N–H and O–H groups in total. The Balaban J connectivity index is 1.53. The Morgan fingerprint density at radius 2 is 1.87 bits per heavy atom. The average molecular weight is 565 g/mol. The van der Waals surface area contributed by atoms with Crippen LogP contribution in [0.4, 0.5) is 29.3 Å². The van der Waals surface area contributed by atoms with E-state index in [1.807, 2.05) is 4.90 Å². The smallest absolute Gasteiger partial charge is 0.272 e. The molecule has 2 fully saturated rings. The number of hydrogen-bond acceptors (Lipinski definition) is 7. The molecule has 206 valence electrons. The van der Waals surface area contributed by atoms with Crippen LogP contribution in [0.2, 0.25) is 5.02 Å². The van der Waals surface area contributed by atoms with Gasteiger partial charge in [0, 0.05) is 50.2 Å². The second-order valence-electron chi connectivity index (χ2n) is 9.46. The molecule has 1 aromatic heterocycles. The molecule has 0 bridgehead atoms. The number of carbonyl (C=O) groups excluding carboxylic acids is 1. The maximum absolute atomic E-state index is 16.1. The molecule has 1 amide bonds. The number of hydrogen-bond donors (Lipinski definition) is 2. The Bertz CT molecular complexity index is 1420. The van der Waals surface area contributed by atoms with Gasteiger partial charge in [-0.25, -0.2) is 22.5 Å². The molecular weight excluding hydrogens is 540 g/mol. The van der Waals surface area contributed by atoms with Crippen molar-refractivity contribution in [1.82, 2.24) is 19.8 Å². The Hall–Kier alpha value is -3.64. The van der Waals surface area contributed by atoms with Gasteiger partial charge in [0.15, 0.2) is 5.82 Å². The number of anilines is 2. The summed E-state index contributed by atoms with van der Waals surface area (Å²) in [5.74, 6) is -4.82. The van der Waals surface area contributed by atoms with Gasteiger partial charge in [-0.15, -0.1) is 0 Å². The first-order valence-corrected chi connectivity index (χ1v) is 12.6. The van der Waals surface area contributed by atoms with Crippen LogP contribution in [0.15, 0.2) is 36.9 Å². The molecule has 0 spiro atoms. The molecule has 2 aliphatic rings. The zero-order valence-electron chi connectivity index (χ0n) is 20.7. The predicted molar refractivity (Wildman–Crippen MR) is 140 cm³/mol. The second-order valence-corrected chi connectivity index (χ2v) is 9.87. The van der Waals surface area contributed by atoms with Crippen LogP contribution in [0.25, 0.3) is 22.0 Å². The average Bonchev–Trinajstić information content (AvgIpc) is 2.89. The van der Waals surface area contributed by atoms with Crippen molar-refractivity contribution < 1.29 is 27.5 Å². The number of amides is 1. The highest BCUT2D eigenvalue weighted by molar-refractivity contribution is 6.34. The number of phenols is 1. The van der Waals surface area contributed by atoms with Crippen molar-refractivity contribution in [2.45, 2.75) is 5.92 Å². The molecule has 0 radical (unpaired) electrons.